The highest BCUT2D eigenvalue weighted by Crippen LogP contribution is 2.18. The molecule has 0 fully saturated rings. The Morgan fingerprint density at radius 2 is 1.59 bits per heavy atom. The predicted octanol–water partition coefficient (Wildman–Crippen LogP) is 0.415. The number of benzene rings is 1. The van der Waals surface area contributed by atoms with Gasteiger partial charge in [0, 0.05) is 0 Å². The van der Waals surface area contributed by atoms with Crippen LogP contribution < -0.4 is 5.73 Å². The second-order valence-electron chi connectivity index (χ2n) is 3.35. The van der Waals surface area contributed by atoms with Crippen molar-refractivity contribution in [2.24, 2.45) is 5.73 Å². The Morgan fingerprint density at radius 1 is 1.24 bits per heavy atom. The van der Waals surface area contributed by atoms with Crippen LogP contribution in [0.2, 0.25) is 0 Å². The van der Waals surface area contributed by atoms with Crippen molar-refractivity contribution in [2.45, 2.75) is 13.0 Å². The number of esters is 2. The number of carboxylic acids is 1. The highest BCUT2D eigenvalue weighted by atomic mass is 16.6. The molecule has 0 saturated heterocycles. The average Bonchev–Trinajstić information content (AvgIpc) is 2.56. The van der Waals surface area contributed by atoms with Crippen molar-refractivity contribution in [1.29, 1.82) is 0 Å². The number of carbonyl (C=O) groups is 3. The second kappa shape index (κ2) is 5.22. The number of aliphatic carboxylic acids is 1. The van der Waals surface area contributed by atoms with E-state index < -0.39 is 23.9 Å². The monoisotopic (exact) mass is 237 g/mol. The van der Waals surface area contributed by atoms with Gasteiger partial charge in [0.25, 0.3) is 0 Å². The van der Waals surface area contributed by atoms with Crippen LogP contribution in [0.3, 0.4) is 0 Å². The molecule has 17 heavy (non-hydrogen) atoms. The summed E-state index contributed by atoms with van der Waals surface area (Å²) in [6.07, 6.45) is 0. The predicted molar refractivity (Wildman–Crippen MR) is 57.5 cm³/mol. The van der Waals surface area contributed by atoms with Crippen molar-refractivity contribution >= 4 is 17.9 Å². The number of cyclic esters (lactones) is 2. The Bertz CT molecular complexity index is 434. The van der Waals surface area contributed by atoms with Gasteiger partial charge >= 0.3 is 17.9 Å². The fourth-order valence-electron chi connectivity index (χ4n) is 1.03. The Hall–Kier alpha value is -2.21. The zero-order valence-corrected chi connectivity index (χ0v) is 9.04. The average molecular weight is 237 g/mol. The molecule has 90 valence electrons. The first-order valence-corrected chi connectivity index (χ1v) is 4.77. The Balaban J connectivity index is 0.000000209. The van der Waals surface area contributed by atoms with Gasteiger partial charge < -0.3 is 15.6 Å². The highest BCUT2D eigenvalue weighted by Gasteiger charge is 2.28. The van der Waals surface area contributed by atoms with Gasteiger partial charge in [-0.15, -0.1) is 0 Å². The molecule has 0 amide bonds. The molecule has 0 aliphatic carbocycles. The minimum absolute atomic E-state index is 0.359. The molecule has 0 bridgehead atoms. The quantitative estimate of drug-likeness (QED) is 0.541. The molecule has 0 radical (unpaired) electrons. The van der Waals surface area contributed by atoms with Crippen LogP contribution in [0.5, 0.6) is 0 Å². The summed E-state index contributed by atoms with van der Waals surface area (Å²) in [7, 11) is 0. The molecule has 1 aliphatic rings. The summed E-state index contributed by atoms with van der Waals surface area (Å²) >= 11 is 0. The number of hydrogen-bond donors (Lipinski definition) is 2. The summed E-state index contributed by atoms with van der Waals surface area (Å²) in [5.41, 5.74) is 5.55. The number of ether oxygens (including phenoxy) is 1. The van der Waals surface area contributed by atoms with E-state index in [2.05, 4.69) is 4.74 Å². The molecule has 3 N–H and O–H groups in total. The summed E-state index contributed by atoms with van der Waals surface area (Å²) in [6.45, 7) is 1.42. The summed E-state index contributed by atoms with van der Waals surface area (Å²) in [5.74, 6) is -2.06. The van der Waals surface area contributed by atoms with Gasteiger partial charge in [-0.2, -0.15) is 0 Å². The summed E-state index contributed by atoms with van der Waals surface area (Å²) in [5, 5.41) is 7.87. The van der Waals surface area contributed by atoms with Crippen LogP contribution in [-0.2, 0) is 9.53 Å². The van der Waals surface area contributed by atoms with E-state index >= 15 is 0 Å². The van der Waals surface area contributed by atoms with Gasteiger partial charge in [-0.3, -0.25) is 4.79 Å². The summed E-state index contributed by atoms with van der Waals surface area (Å²) in [6, 6.07) is 5.80. The van der Waals surface area contributed by atoms with Crippen LogP contribution >= 0.6 is 0 Å². The van der Waals surface area contributed by atoms with Crippen LogP contribution in [0, 0.1) is 0 Å². The Morgan fingerprint density at radius 3 is 1.88 bits per heavy atom. The molecule has 0 saturated carbocycles. The molecule has 1 unspecified atom stereocenters. The van der Waals surface area contributed by atoms with Gasteiger partial charge in [0.05, 0.1) is 11.1 Å². The lowest BCUT2D eigenvalue weighted by molar-refractivity contribution is -0.138. The maximum atomic E-state index is 10.8. The lowest BCUT2D eigenvalue weighted by Crippen LogP contribution is -2.25. The lowest BCUT2D eigenvalue weighted by Gasteiger charge is -1.90. The number of nitrogens with two attached hydrogens (primary N) is 1. The van der Waals surface area contributed by atoms with E-state index in [9.17, 15) is 14.4 Å². The number of carboxylic acid groups (broad SMARTS) is 1. The van der Waals surface area contributed by atoms with E-state index in [4.69, 9.17) is 10.8 Å². The molecule has 1 aromatic rings. The molecular weight excluding hydrogens is 226 g/mol. The van der Waals surface area contributed by atoms with Crippen molar-refractivity contribution in [3.05, 3.63) is 35.4 Å². The minimum Gasteiger partial charge on any atom is -0.480 e. The molecule has 2 rings (SSSR count). The van der Waals surface area contributed by atoms with Gasteiger partial charge in [0.15, 0.2) is 0 Å². The molecule has 0 aromatic heterocycles. The van der Waals surface area contributed by atoms with E-state index in [0.29, 0.717) is 11.1 Å². The molecule has 1 heterocycles. The molecule has 1 aromatic carbocycles. The minimum atomic E-state index is -0.963. The molecule has 1 aliphatic heterocycles. The van der Waals surface area contributed by atoms with Crippen LogP contribution in [0.4, 0.5) is 0 Å². The van der Waals surface area contributed by atoms with Gasteiger partial charge in [-0.05, 0) is 19.1 Å². The zero-order valence-electron chi connectivity index (χ0n) is 9.04. The van der Waals surface area contributed by atoms with Crippen molar-refractivity contribution in [2.75, 3.05) is 0 Å². The largest absolute Gasteiger partial charge is 0.480 e. The van der Waals surface area contributed by atoms with Crippen LogP contribution in [-0.4, -0.2) is 29.1 Å². The van der Waals surface area contributed by atoms with Crippen molar-refractivity contribution in [1.82, 2.24) is 0 Å². The van der Waals surface area contributed by atoms with E-state index in [1.54, 1.807) is 24.3 Å². The smallest absolute Gasteiger partial charge is 0.346 e. The fraction of sp³-hybridized carbons (Fsp3) is 0.182. The van der Waals surface area contributed by atoms with E-state index in [1.165, 1.54) is 6.92 Å². The lowest BCUT2D eigenvalue weighted by atomic mass is 10.1. The SMILES string of the molecule is CC(N)C(=O)O.O=C1OC(=O)c2ccccc21. The van der Waals surface area contributed by atoms with Crippen LogP contribution in [0.15, 0.2) is 24.3 Å². The van der Waals surface area contributed by atoms with Gasteiger partial charge in [0.2, 0.25) is 0 Å². The fourth-order valence-corrected chi connectivity index (χ4v) is 1.03. The number of hydrogen-bond acceptors (Lipinski definition) is 5. The molecular formula is C11H11NO5. The second-order valence-corrected chi connectivity index (χ2v) is 3.35. The van der Waals surface area contributed by atoms with Gasteiger partial charge in [0.1, 0.15) is 6.04 Å². The summed E-state index contributed by atoms with van der Waals surface area (Å²) < 4.78 is 4.35. The number of fused-ring (bicyclic) bond motifs is 1. The van der Waals surface area contributed by atoms with Crippen molar-refractivity contribution in [3.63, 3.8) is 0 Å². The molecule has 1 atom stereocenters. The topological polar surface area (TPSA) is 107 Å². The third kappa shape index (κ3) is 3.12. The highest BCUT2D eigenvalue weighted by molar-refractivity contribution is 6.14. The number of rotatable bonds is 1. The molecule has 6 heteroatoms. The maximum Gasteiger partial charge on any atom is 0.346 e. The van der Waals surface area contributed by atoms with Crippen molar-refractivity contribution in [3.8, 4) is 0 Å². The van der Waals surface area contributed by atoms with Crippen LogP contribution in [0.25, 0.3) is 0 Å². The van der Waals surface area contributed by atoms with E-state index in [0.717, 1.165) is 0 Å². The normalized spacial score (nSPS) is 14.2. The standard InChI is InChI=1S/C8H4O3.C3H7NO2/c9-7-5-3-1-2-4-6(5)8(10)11-7;1-2(4)3(5)6/h1-4H;2H,4H2,1H3,(H,5,6). The summed E-state index contributed by atoms with van der Waals surface area (Å²) in [4.78, 5) is 31.2. The Labute approximate surface area is 97.0 Å². The maximum absolute atomic E-state index is 10.8. The first-order chi connectivity index (χ1) is 7.93. The molecule has 6 nitrogen and oxygen atoms in total. The molecule has 0 spiro atoms. The van der Waals surface area contributed by atoms with Crippen LogP contribution in [0.1, 0.15) is 27.6 Å². The van der Waals surface area contributed by atoms with E-state index in [-0.39, 0.29) is 0 Å². The zero-order chi connectivity index (χ0) is 13.0. The van der Waals surface area contributed by atoms with E-state index in [1.807, 2.05) is 0 Å². The van der Waals surface area contributed by atoms with Gasteiger partial charge in [-0.25, -0.2) is 9.59 Å². The Kier molecular flexibility index (Phi) is 3.95. The third-order valence-corrected chi connectivity index (χ3v) is 1.94. The third-order valence-electron chi connectivity index (χ3n) is 1.94. The van der Waals surface area contributed by atoms with Gasteiger partial charge in [-0.1, -0.05) is 12.1 Å². The number of carbonyl (C=O) groups excluding carboxylic acids is 2. The first kappa shape index (κ1) is 12.9. The van der Waals surface area contributed by atoms with Crippen molar-refractivity contribution < 1.29 is 24.2 Å². The first-order valence-electron chi connectivity index (χ1n) is 4.77.